The number of hydrogen-bond acceptors (Lipinski definition) is 5. The van der Waals surface area contributed by atoms with Crippen molar-refractivity contribution in [1.82, 2.24) is 10.5 Å². The van der Waals surface area contributed by atoms with Crippen molar-refractivity contribution >= 4 is 22.6 Å². The predicted molar refractivity (Wildman–Crippen MR) is 78.3 cm³/mol. The highest BCUT2D eigenvalue weighted by molar-refractivity contribution is 6.34. The lowest BCUT2D eigenvalue weighted by molar-refractivity contribution is 0.101. The molecular weight excluding hydrogens is 280 g/mol. The van der Waals surface area contributed by atoms with Gasteiger partial charge >= 0.3 is 0 Å². The second kappa shape index (κ2) is 5.99. The lowest BCUT2D eigenvalue weighted by Crippen LogP contribution is -2.42. The summed E-state index contributed by atoms with van der Waals surface area (Å²) in [5, 5.41) is 17.7. The number of benzene rings is 1. The zero-order chi connectivity index (χ0) is 14.8. The van der Waals surface area contributed by atoms with Crippen LogP contribution in [0.5, 0.6) is 5.75 Å². The molecule has 0 fully saturated rings. The van der Waals surface area contributed by atoms with Crippen LogP contribution in [0.2, 0.25) is 5.15 Å². The highest BCUT2D eigenvalue weighted by Gasteiger charge is 2.15. The molecule has 2 rings (SSSR count). The van der Waals surface area contributed by atoms with Gasteiger partial charge in [-0.05, 0) is 32.9 Å². The molecule has 0 aliphatic rings. The van der Waals surface area contributed by atoms with Crippen LogP contribution < -0.4 is 10.1 Å². The number of β-amino-alcohol motifs (C(OH)–C–C–N with tert-alkyl or cyclic N) is 1. The van der Waals surface area contributed by atoms with Crippen LogP contribution in [0.4, 0.5) is 0 Å². The molecule has 0 amide bonds. The average Bonchev–Trinajstić information content (AvgIpc) is 2.76. The van der Waals surface area contributed by atoms with E-state index in [1.54, 1.807) is 18.2 Å². The number of aliphatic hydroxyl groups is 1. The Hall–Kier alpha value is -1.30. The summed E-state index contributed by atoms with van der Waals surface area (Å²) in [6, 6.07) is 5.33. The number of fused-ring (bicyclic) bond motifs is 1. The number of ether oxygens (including phenoxy) is 1. The molecule has 1 heterocycles. The fraction of sp³-hybridized carbons (Fsp3) is 0.500. The summed E-state index contributed by atoms with van der Waals surface area (Å²) in [5.74, 6) is 0.559. The average molecular weight is 299 g/mol. The fourth-order valence-corrected chi connectivity index (χ4v) is 1.94. The van der Waals surface area contributed by atoms with Gasteiger partial charge in [0, 0.05) is 12.1 Å². The Morgan fingerprint density at radius 3 is 2.90 bits per heavy atom. The molecule has 0 saturated heterocycles. The van der Waals surface area contributed by atoms with Crippen molar-refractivity contribution < 1.29 is 14.4 Å². The summed E-state index contributed by atoms with van der Waals surface area (Å²) >= 11 is 5.95. The minimum atomic E-state index is -0.608. The molecule has 5 nitrogen and oxygen atoms in total. The zero-order valence-corrected chi connectivity index (χ0v) is 12.6. The third-order valence-electron chi connectivity index (χ3n) is 2.72. The number of aliphatic hydroxyl groups excluding tert-OH is 1. The Morgan fingerprint density at radius 1 is 1.45 bits per heavy atom. The molecule has 0 aliphatic heterocycles. The van der Waals surface area contributed by atoms with E-state index in [1.807, 2.05) is 20.8 Å². The molecule has 0 saturated carbocycles. The Bertz CT molecular complexity index is 577. The van der Waals surface area contributed by atoms with E-state index in [2.05, 4.69) is 10.5 Å². The first-order chi connectivity index (χ1) is 9.37. The molecule has 1 unspecified atom stereocenters. The SMILES string of the molecule is CC(C)(C)NCC(O)COc1cccc2onc(Cl)c12. The van der Waals surface area contributed by atoms with E-state index in [0.717, 1.165) is 0 Å². The van der Waals surface area contributed by atoms with Gasteiger partial charge in [-0.2, -0.15) is 0 Å². The normalized spacial score (nSPS) is 13.7. The quantitative estimate of drug-likeness (QED) is 0.888. The second-order valence-electron chi connectivity index (χ2n) is 5.70. The molecule has 0 aliphatic carbocycles. The molecule has 0 radical (unpaired) electrons. The Balaban J connectivity index is 1.97. The minimum Gasteiger partial charge on any atom is -0.490 e. The van der Waals surface area contributed by atoms with Gasteiger partial charge < -0.3 is 19.7 Å². The van der Waals surface area contributed by atoms with E-state index >= 15 is 0 Å². The van der Waals surface area contributed by atoms with Crippen molar-refractivity contribution in [3.05, 3.63) is 23.4 Å². The maximum Gasteiger partial charge on any atom is 0.183 e. The molecule has 1 aromatic carbocycles. The maximum absolute atomic E-state index is 9.91. The lowest BCUT2D eigenvalue weighted by Gasteiger charge is -2.23. The van der Waals surface area contributed by atoms with Crippen LogP contribution in [0.15, 0.2) is 22.7 Å². The molecule has 0 bridgehead atoms. The lowest BCUT2D eigenvalue weighted by atomic mass is 10.1. The van der Waals surface area contributed by atoms with Crippen molar-refractivity contribution in [2.75, 3.05) is 13.2 Å². The molecular formula is C14H19ClN2O3. The smallest absolute Gasteiger partial charge is 0.183 e. The van der Waals surface area contributed by atoms with Gasteiger partial charge in [0.25, 0.3) is 0 Å². The Kier molecular flexibility index (Phi) is 4.52. The molecule has 2 N–H and O–H groups in total. The van der Waals surface area contributed by atoms with Gasteiger partial charge in [-0.25, -0.2) is 0 Å². The topological polar surface area (TPSA) is 67.5 Å². The van der Waals surface area contributed by atoms with Crippen molar-refractivity contribution in [2.24, 2.45) is 0 Å². The summed E-state index contributed by atoms with van der Waals surface area (Å²) in [6.45, 7) is 6.75. The van der Waals surface area contributed by atoms with Crippen LogP contribution in [-0.4, -0.2) is 35.1 Å². The van der Waals surface area contributed by atoms with Gasteiger partial charge in [0.2, 0.25) is 0 Å². The number of rotatable bonds is 5. The first-order valence-electron chi connectivity index (χ1n) is 6.46. The Morgan fingerprint density at radius 2 is 2.20 bits per heavy atom. The molecule has 0 spiro atoms. The minimum absolute atomic E-state index is 0.0429. The van der Waals surface area contributed by atoms with Gasteiger partial charge in [-0.1, -0.05) is 22.8 Å². The third-order valence-corrected chi connectivity index (χ3v) is 2.98. The van der Waals surface area contributed by atoms with Crippen molar-refractivity contribution in [2.45, 2.75) is 32.4 Å². The zero-order valence-electron chi connectivity index (χ0n) is 11.8. The van der Waals surface area contributed by atoms with Crippen molar-refractivity contribution in [3.63, 3.8) is 0 Å². The highest BCUT2D eigenvalue weighted by atomic mass is 35.5. The maximum atomic E-state index is 9.91. The highest BCUT2D eigenvalue weighted by Crippen LogP contribution is 2.31. The van der Waals surface area contributed by atoms with E-state index in [0.29, 0.717) is 23.3 Å². The molecule has 6 heteroatoms. The number of halogens is 1. The molecule has 1 aromatic heterocycles. The van der Waals surface area contributed by atoms with Gasteiger partial charge in [0.15, 0.2) is 10.7 Å². The summed E-state index contributed by atoms with van der Waals surface area (Å²) in [5.41, 5.74) is 0.522. The number of nitrogens with one attached hydrogen (secondary N) is 1. The number of hydrogen-bond donors (Lipinski definition) is 2. The van der Waals surface area contributed by atoms with Gasteiger partial charge in [-0.15, -0.1) is 0 Å². The van der Waals surface area contributed by atoms with Crippen LogP contribution in [-0.2, 0) is 0 Å². The van der Waals surface area contributed by atoms with Gasteiger partial charge in [0.05, 0.1) is 0 Å². The van der Waals surface area contributed by atoms with E-state index in [4.69, 9.17) is 20.9 Å². The van der Waals surface area contributed by atoms with E-state index in [1.165, 1.54) is 0 Å². The monoisotopic (exact) mass is 298 g/mol. The van der Waals surface area contributed by atoms with Crippen LogP contribution in [0.3, 0.4) is 0 Å². The summed E-state index contributed by atoms with van der Waals surface area (Å²) in [6.07, 6.45) is -0.608. The van der Waals surface area contributed by atoms with Crippen LogP contribution in [0.25, 0.3) is 11.0 Å². The van der Waals surface area contributed by atoms with E-state index in [-0.39, 0.29) is 17.3 Å². The second-order valence-corrected chi connectivity index (χ2v) is 6.06. The van der Waals surface area contributed by atoms with Crippen LogP contribution in [0, 0.1) is 0 Å². The molecule has 110 valence electrons. The van der Waals surface area contributed by atoms with Crippen molar-refractivity contribution in [3.8, 4) is 5.75 Å². The fourth-order valence-electron chi connectivity index (χ4n) is 1.71. The van der Waals surface area contributed by atoms with Crippen LogP contribution in [0.1, 0.15) is 20.8 Å². The van der Waals surface area contributed by atoms with Crippen molar-refractivity contribution in [1.29, 1.82) is 0 Å². The first-order valence-corrected chi connectivity index (χ1v) is 6.84. The number of nitrogens with zero attached hydrogens (tertiary/aromatic N) is 1. The molecule has 1 atom stereocenters. The summed E-state index contributed by atoms with van der Waals surface area (Å²) in [4.78, 5) is 0. The van der Waals surface area contributed by atoms with Gasteiger partial charge in [-0.3, -0.25) is 0 Å². The van der Waals surface area contributed by atoms with Gasteiger partial charge in [0.1, 0.15) is 23.8 Å². The standard InChI is InChI=1S/C14H19ClN2O3/c1-14(2,3)16-7-9(18)8-19-10-5-4-6-11-12(10)13(15)17-20-11/h4-6,9,16,18H,7-8H2,1-3H3. The molecule has 20 heavy (non-hydrogen) atoms. The van der Waals surface area contributed by atoms with E-state index < -0.39 is 6.10 Å². The summed E-state index contributed by atoms with van der Waals surface area (Å²) < 4.78 is 10.7. The third kappa shape index (κ3) is 3.85. The first kappa shape index (κ1) is 15.1. The Labute approximate surface area is 122 Å². The summed E-state index contributed by atoms with van der Waals surface area (Å²) in [7, 11) is 0. The predicted octanol–water partition coefficient (Wildman–Crippen LogP) is 2.61. The number of aromatic nitrogens is 1. The van der Waals surface area contributed by atoms with E-state index in [9.17, 15) is 5.11 Å². The van der Waals surface area contributed by atoms with Crippen LogP contribution >= 0.6 is 11.6 Å². The largest absolute Gasteiger partial charge is 0.490 e. The molecule has 2 aromatic rings.